The van der Waals surface area contributed by atoms with E-state index in [1.807, 2.05) is 42.5 Å². The number of hydrogen-bond acceptors (Lipinski definition) is 3. The zero-order chi connectivity index (χ0) is 23.5. The third kappa shape index (κ3) is 5.01. The van der Waals surface area contributed by atoms with Crippen LogP contribution in [0.5, 0.6) is 0 Å². The molecular weight excluding hydrogens is 424 g/mol. The van der Waals surface area contributed by atoms with Crippen LogP contribution in [-0.2, 0) is 0 Å². The molecule has 2 amide bonds. The van der Waals surface area contributed by atoms with Crippen molar-refractivity contribution >= 4 is 22.8 Å². The van der Waals surface area contributed by atoms with Gasteiger partial charge >= 0.3 is 0 Å². The molecule has 0 aliphatic heterocycles. The lowest BCUT2D eigenvalue weighted by atomic mass is 9.86. The minimum absolute atomic E-state index is 0.00834. The summed E-state index contributed by atoms with van der Waals surface area (Å²) in [7, 11) is 0. The fourth-order valence-corrected chi connectivity index (χ4v) is 5.36. The van der Waals surface area contributed by atoms with Crippen molar-refractivity contribution in [2.75, 3.05) is 0 Å². The van der Waals surface area contributed by atoms with E-state index in [1.54, 1.807) is 0 Å². The van der Waals surface area contributed by atoms with Gasteiger partial charge in [-0.25, -0.2) is 4.98 Å². The summed E-state index contributed by atoms with van der Waals surface area (Å²) in [4.78, 5) is 33.5. The van der Waals surface area contributed by atoms with E-state index in [2.05, 4.69) is 22.5 Å². The lowest BCUT2D eigenvalue weighted by Crippen LogP contribution is -2.41. The van der Waals surface area contributed by atoms with Gasteiger partial charge in [-0.15, -0.1) is 0 Å². The highest BCUT2D eigenvalue weighted by molar-refractivity contribution is 5.98. The monoisotopic (exact) mass is 458 g/mol. The normalized spacial score (nSPS) is 21.3. The van der Waals surface area contributed by atoms with Crippen LogP contribution in [0.2, 0.25) is 0 Å². The minimum Gasteiger partial charge on any atom is -0.349 e. The van der Waals surface area contributed by atoms with Crippen molar-refractivity contribution in [1.82, 2.24) is 20.6 Å². The quantitative estimate of drug-likeness (QED) is 0.465. The summed E-state index contributed by atoms with van der Waals surface area (Å²) in [6.07, 6.45) is 10.5. The van der Waals surface area contributed by atoms with E-state index in [4.69, 9.17) is 4.98 Å². The summed E-state index contributed by atoms with van der Waals surface area (Å²) >= 11 is 0. The minimum atomic E-state index is -0.0291. The third-order valence-corrected chi connectivity index (χ3v) is 7.53. The number of aromatic nitrogens is 2. The lowest BCUT2D eigenvalue weighted by Gasteiger charge is -2.29. The standard InChI is InChI=1S/C28H34N4O2/c1-18-7-5-6-10-23(18)32-28(34)21-15-16-24-25(17-21)31-26(30-24)19-11-13-20(14-12-19)27(33)29-22-8-3-2-4-9-22/h11-18,22-23H,2-10H2,1H3,(H,29,33)(H,30,31)(H,32,34). The second-order valence-electron chi connectivity index (χ2n) is 10.0. The fraction of sp³-hybridized carbons (Fsp3) is 0.464. The lowest BCUT2D eigenvalue weighted by molar-refractivity contribution is 0.0907. The van der Waals surface area contributed by atoms with Crippen molar-refractivity contribution < 1.29 is 9.59 Å². The summed E-state index contributed by atoms with van der Waals surface area (Å²) in [5.74, 6) is 1.21. The number of nitrogens with one attached hydrogen (secondary N) is 3. The number of amides is 2. The van der Waals surface area contributed by atoms with Crippen molar-refractivity contribution in [2.45, 2.75) is 76.8 Å². The maximum absolute atomic E-state index is 12.8. The van der Waals surface area contributed by atoms with E-state index < -0.39 is 0 Å². The SMILES string of the molecule is CC1CCCCC1NC(=O)c1ccc2[nH]c(-c3ccc(C(=O)NC4CCCCC4)cc3)nc2c1. The highest BCUT2D eigenvalue weighted by Gasteiger charge is 2.23. The largest absolute Gasteiger partial charge is 0.349 e. The number of aromatic amines is 1. The van der Waals surface area contributed by atoms with Crippen LogP contribution < -0.4 is 10.6 Å². The van der Waals surface area contributed by atoms with Gasteiger partial charge < -0.3 is 15.6 Å². The second kappa shape index (κ2) is 10.00. The molecular formula is C28H34N4O2. The molecule has 0 spiro atoms. The zero-order valence-electron chi connectivity index (χ0n) is 19.9. The van der Waals surface area contributed by atoms with Crippen LogP contribution in [0.25, 0.3) is 22.4 Å². The summed E-state index contributed by atoms with van der Waals surface area (Å²) in [5, 5.41) is 6.38. The van der Waals surface area contributed by atoms with Gasteiger partial charge in [-0.05, 0) is 61.9 Å². The number of H-pyrrole nitrogens is 1. The maximum Gasteiger partial charge on any atom is 0.251 e. The van der Waals surface area contributed by atoms with Gasteiger partial charge in [0, 0.05) is 28.8 Å². The first-order valence-corrected chi connectivity index (χ1v) is 12.8. The highest BCUT2D eigenvalue weighted by atomic mass is 16.2. The molecule has 2 aliphatic carbocycles. The molecule has 5 rings (SSSR count). The molecule has 1 heterocycles. The first-order chi connectivity index (χ1) is 16.6. The predicted octanol–water partition coefficient (Wildman–Crippen LogP) is 5.60. The molecule has 6 heteroatoms. The van der Waals surface area contributed by atoms with Crippen LogP contribution in [0, 0.1) is 5.92 Å². The number of fused-ring (bicyclic) bond motifs is 1. The average molecular weight is 459 g/mol. The van der Waals surface area contributed by atoms with Crippen molar-refractivity contribution in [3.8, 4) is 11.4 Å². The Labute approximate surface area is 200 Å². The average Bonchev–Trinajstić information content (AvgIpc) is 3.30. The smallest absolute Gasteiger partial charge is 0.251 e. The van der Waals surface area contributed by atoms with Crippen molar-refractivity contribution in [1.29, 1.82) is 0 Å². The summed E-state index contributed by atoms with van der Waals surface area (Å²) in [6, 6.07) is 13.7. The Morgan fingerprint density at radius 2 is 1.50 bits per heavy atom. The molecule has 6 nitrogen and oxygen atoms in total. The molecule has 2 fully saturated rings. The zero-order valence-corrected chi connectivity index (χ0v) is 19.9. The van der Waals surface area contributed by atoms with Gasteiger partial charge in [-0.2, -0.15) is 0 Å². The molecule has 2 atom stereocenters. The van der Waals surface area contributed by atoms with E-state index in [-0.39, 0.29) is 17.9 Å². The summed E-state index contributed by atoms with van der Waals surface area (Å²) < 4.78 is 0. The molecule has 178 valence electrons. The van der Waals surface area contributed by atoms with Crippen molar-refractivity contribution in [3.05, 3.63) is 53.6 Å². The molecule has 2 aliphatic rings. The molecule has 3 aromatic rings. The van der Waals surface area contributed by atoms with E-state index in [0.717, 1.165) is 41.7 Å². The Bertz CT molecular complexity index is 1160. The van der Waals surface area contributed by atoms with Gasteiger partial charge in [0.05, 0.1) is 11.0 Å². The molecule has 0 radical (unpaired) electrons. The molecule has 3 N–H and O–H groups in total. The number of nitrogens with zero attached hydrogens (tertiary/aromatic N) is 1. The number of hydrogen-bond donors (Lipinski definition) is 3. The predicted molar refractivity (Wildman–Crippen MR) is 135 cm³/mol. The fourth-order valence-electron chi connectivity index (χ4n) is 5.36. The van der Waals surface area contributed by atoms with Gasteiger partial charge in [-0.3, -0.25) is 9.59 Å². The highest BCUT2D eigenvalue weighted by Crippen LogP contribution is 2.25. The van der Waals surface area contributed by atoms with Crippen LogP contribution in [-0.4, -0.2) is 33.9 Å². The number of imidazole rings is 1. The number of carbonyl (C=O) groups excluding carboxylic acids is 2. The van der Waals surface area contributed by atoms with Crippen molar-refractivity contribution in [3.63, 3.8) is 0 Å². The molecule has 0 bridgehead atoms. The van der Waals surface area contributed by atoms with E-state index in [1.165, 1.54) is 38.5 Å². The molecule has 0 saturated heterocycles. The van der Waals surface area contributed by atoms with E-state index >= 15 is 0 Å². The number of benzene rings is 2. The first-order valence-electron chi connectivity index (χ1n) is 12.8. The number of rotatable bonds is 5. The first kappa shape index (κ1) is 22.6. The van der Waals surface area contributed by atoms with E-state index in [9.17, 15) is 9.59 Å². The molecule has 2 unspecified atom stereocenters. The summed E-state index contributed by atoms with van der Waals surface area (Å²) in [6.45, 7) is 2.22. The molecule has 1 aromatic heterocycles. The molecule has 2 aromatic carbocycles. The van der Waals surface area contributed by atoms with Crippen LogP contribution in [0.3, 0.4) is 0 Å². The van der Waals surface area contributed by atoms with E-state index in [0.29, 0.717) is 23.1 Å². The maximum atomic E-state index is 12.8. The van der Waals surface area contributed by atoms with Gasteiger partial charge in [0.25, 0.3) is 11.8 Å². The summed E-state index contributed by atoms with van der Waals surface area (Å²) in [5.41, 5.74) is 3.86. The Kier molecular flexibility index (Phi) is 6.66. The number of carbonyl (C=O) groups is 2. The van der Waals surface area contributed by atoms with Crippen LogP contribution >= 0.6 is 0 Å². The third-order valence-electron chi connectivity index (χ3n) is 7.53. The van der Waals surface area contributed by atoms with Crippen LogP contribution in [0.1, 0.15) is 85.4 Å². The molecule has 2 saturated carbocycles. The Morgan fingerprint density at radius 1 is 0.824 bits per heavy atom. The second-order valence-corrected chi connectivity index (χ2v) is 10.0. The molecule has 34 heavy (non-hydrogen) atoms. The van der Waals surface area contributed by atoms with Crippen LogP contribution in [0.4, 0.5) is 0 Å². The van der Waals surface area contributed by atoms with Gasteiger partial charge in [-0.1, -0.05) is 51.2 Å². The van der Waals surface area contributed by atoms with Gasteiger partial charge in [0.15, 0.2) is 0 Å². The van der Waals surface area contributed by atoms with Gasteiger partial charge in [0.2, 0.25) is 0 Å². The van der Waals surface area contributed by atoms with Gasteiger partial charge in [0.1, 0.15) is 5.82 Å². The Hall–Kier alpha value is -3.15. The Balaban J connectivity index is 1.27. The topological polar surface area (TPSA) is 86.9 Å². The van der Waals surface area contributed by atoms with Crippen LogP contribution in [0.15, 0.2) is 42.5 Å². The Morgan fingerprint density at radius 3 is 2.26 bits per heavy atom. The van der Waals surface area contributed by atoms with Crippen molar-refractivity contribution in [2.24, 2.45) is 5.92 Å².